The van der Waals surface area contributed by atoms with E-state index in [1.165, 1.54) is 18.5 Å². The lowest BCUT2D eigenvalue weighted by Gasteiger charge is -2.21. The first-order valence-electron chi connectivity index (χ1n) is 5.23. The Balaban J connectivity index is 2.72. The summed E-state index contributed by atoms with van der Waals surface area (Å²) >= 11 is 0. The number of nitrogens with zero attached hydrogens (tertiary/aromatic N) is 3. The van der Waals surface area contributed by atoms with Crippen LogP contribution in [0.3, 0.4) is 0 Å². The number of carbonyl (C=O) groups excluding carboxylic acids is 1. The summed E-state index contributed by atoms with van der Waals surface area (Å²) in [6, 6.07) is 1.46. The van der Waals surface area contributed by atoms with Gasteiger partial charge in [0.25, 0.3) is 6.43 Å². The average molecular weight is 261 g/mol. The largest absolute Gasteiger partial charge is 0.395 e. The number of aromatic nitrogens is 2. The molecule has 0 spiro atoms. The number of aliphatic hydroxyl groups excluding tert-OH is 1. The molecule has 1 N–H and O–H groups in total. The van der Waals surface area contributed by atoms with Gasteiger partial charge in [-0.3, -0.25) is 9.36 Å². The van der Waals surface area contributed by atoms with Crippen molar-refractivity contribution in [2.45, 2.75) is 13.0 Å². The lowest BCUT2D eigenvalue weighted by Crippen LogP contribution is -2.41. The molecule has 1 aromatic rings. The summed E-state index contributed by atoms with van der Waals surface area (Å²) < 4.78 is 25.5. The Morgan fingerprint density at radius 1 is 1.56 bits per heavy atom. The molecule has 0 saturated carbocycles. The Kier molecular flexibility index (Phi) is 5.37. The Morgan fingerprint density at radius 2 is 2.28 bits per heavy atom. The molecule has 8 heteroatoms. The van der Waals surface area contributed by atoms with E-state index in [4.69, 9.17) is 5.11 Å². The molecule has 0 radical (unpaired) electrons. The van der Waals surface area contributed by atoms with Crippen LogP contribution in [-0.2, 0) is 11.3 Å². The van der Waals surface area contributed by atoms with Gasteiger partial charge in [0.2, 0.25) is 5.91 Å². The Labute approximate surface area is 101 Å². The zero-order chi connectivity index (χ0) is 13.5. The number of hydrogen-bond acceptors (Lipinski definition) is 4. The lowest BCUT2D eigenvalue weighted by molar-refractivity contribution is -0.134. The van der Waals surface area contributed by atoms with Crippen molar-refractivity contribution in [1.82, 2.24) is 14.5 Å². The summed E-state index contributed by atoms with van der Waals surface area (Å²) in [4.78, 5) is 27.2. The second-order valence-electron chi connectivity index (χ2n) is 3.48. The molecule has 100 valence electrons. The maximum atomic E-state index is 12.2. The van der Waals surface area contributed by atoms with Gasteiger partial charge in [-0.1, -0.05) is 0 Å². The third kappa shape index (κ3) is 4.21. The fourth-order valence-electron chi connectivity index (χ4n) is 1.36. The molecule has 0 bridgehead atoms. The molecule has 0 aliphatic rings. The molecule has 0 aromatic carbocycles. The summed E-state index contributed by atoms with van der Waals surface area (Å²) in [6.07, 6.45) is -0.0770. The Hall–Kier alpha value is -1.83. The third-order valence-electron chi connectivity index (χ3n) is 2.17. The van der Waals surface area contributed by atoms with Crippen LogP contribution in [0, 0.1) is 0 Å². The highest BCUT2D eigenvalue weighted by atomic mass is 19.3. The normalized spacial score (nSPS) is 10.7. The van der Waals surface area contributed by atoms with Gasteiger partial charge in [0.1, 0.15) is 6.54 Å². The van der Waals surface area contributed by atoms with Gasteiger partial charge in [0.05, 0.1) is 13.2 Å². The van der Waals surface area contributed by atoms with Crippen LogP contribution in [0.4, 0.5) is 8.78 Å². The molecule has 1 amide bonds. The van der Waals surface area contributed by atoms with Crippen LogP contribution in [0.5, 0.6) is 0 Å². The number of hydrogen-bond donors (Lipinski definition) is 1. The van der Waals surface area contributed by atoms with Gasteiger partial charge >= 0.3 is 5.69 Å². The van der Waals surface area contributed by atoms with Crippen molar-refractivity contribution in [2.75, 3.05) is 19.7 Å². The monoisotopic (exact) mass is 261 g/mol. The first-order chi connectivity index (χ1) is 8.54. The van der Waals surface area contributed by atoms with Crippen LogP contribution in [-0.4, -0.2) is 51.6 Å². The van der Waals surface area contributed by atoms with E-state index in [9.17, 15) is 18.4 Å². The fraction of sp³-hybridized carbons (Fsp3) is 0.500. The highest BCUT2D eigenvalue weighted by Crippen LogP contribution is 2.00. The summed E-state index contributed by atoms with van der Waals surface area (Å²) in [7, 11) is 0. The quantitative estimate of drug-likeness (QED) is 0.737. The maximum absolute atomic E-state index is 12.2. The van der Waals surface area contributed by atoms with E-state index in [1.54, 1.807) is 0 Å². The Bertz CT molecular complexity index is 450. The van der Waals surface area contributed by atoms with Gasteiger partial charge in [-0.25, -0.2) is 18.6 Å². The van der Waals surface area contributed by atoms with E-state index < -0.39 is 31.2 Å². The molecule has 0 aliphatic heterocycles. The lowest BCUT2D eigenvalue weighted by atomic mass is 10.4. The van der Waals surface area contributed by atoms with Gasteiger partial charge in [0, 0.05) is 18.9 Å². The molecule has 0 saturated heterocycles. The van der Waals surface area contributed by atoms with E-state index in [-0.39, 0.29) is 13.1 Å². The number of amides is 1. The number of rotatable bonds is 6. The van der Waals surface area contributed by atoms with E-state index in [0.717, 1.165) is 9.47 Å². The zero-order valence-corrected chi connectivity index (χ0v) is 9.50. The Morgan fingerprint density at radius 3 is 2.83 bits per heavy atom. The highest BCUT2D eigenvalue weighted by molar-refractivity contribution is 5.76. The average Bonchev–Trinajstić information content (AvgIpc) is 2.31. The summed E-state index contributed by atoms with van der Waals surface area (Å²) in [5.74, 6) is -0.667. The molecule has 6 nitrogen and oxygen atoms in total. The van der Waals surface area contributed by atoms with Crippen LogP contribution >= 0.6 is 0 Å². The SMILES string of the molecule is O=C(Cn1cccnc1=O)N(CCO)CC(F)F. The molecule has 1 heterocycles. The van der Waals surface area contributed by atoms with Crippen molar-refractivity contribution < 1.29 is 18.7 Å². The summed E-state index contributed by atoms with van der Waals surface area (Å²) in [6.45, 7) is -1.76. The van der Waals surface area contributed by atoms with E-state index >= 15 is 0 Å². The van der Waals surface area contributed by atoms with Crippen LogP contribution in [0.15, 0.2) is 23.3 Å². The molecule has 0 unspecified atom stereocenters. The van der Waals surface area contributed by atoms with Crippen LogP contribution in [0.25, 0.3) is 0 Å². The minimum atomic E-state index is -2.69. The summed E-state index contributed by atoms with van der Waals surface area (Å²) in [5, 5.41) is 8.70. The van der Waals surface area contributed by atoms with Gasteiger partial charge in [0.15, 0.2) is 0 Å². The molecule has 0 aliphatic carbocycles. The maximum Gasteiger partial charge on any atom is 0.347 e. The second-order valence-corrected chi connectivity index (χ2v) is 3.48. The number of alkyl halides is 2. The molecule has 1 rings (SSSR count). The van der Waals surface area contributed by atoms with E-state index in [0.29, 0.717) is 0 Å². The molecular formula is C10H13F2N3O3. The summed E-state index contributed by atoms with van der Waals surface area (Å²) in [5.41, 5.74) is -0.633. The van der Waals surface area contributed by atoms with Crippen molar-refractivity contribution >= 4 is 5.91 Å². The fourth-order valence-corrected chi connectivity index (χ4v) is 1.36. The standard InChI is InChI=1S/C10H13F2N3O3/c11-8(12)6-14(4-5-16)9(17)7-15-3-1-2-13-10(15)18/h1-3,8,16H,4-7H2. The molecule has 0 atom stereocenters. The van der Waals surface area contributed by atoms with Gasteiger partial charge < -0.3 is 10.0 Å². The molecule has 0 fully saturated rings. The first kappa shape index (κ1) is 14.2. The minimum Gasteiger partial charge on any atom is -0.395 e. The van der Waals surface area contributed by atoms with Crippen molar-refractivity contribution in [2.24, 2.45) is 0 Å². The van der Waals surface area contributed by atoms with E-state index in [1.807, 2.05) is 0 Å². The van der Waals surface area contributed by atoms with Gasteiger partial charge in [-0.2, -0.15) is 0 Å². The van der Waals surface area contributed by atoms with E-state index in [2.05, 4.69) is 4.98 Å². The van der Waals surface area contributed by atoms with Gasteiger partial charge in [-0.05, 0) is 6.07 Å². The molecule has 1 aromatic heterocycles. The van der Waals surface area contributed by atoms with Crippen molar-refractivity contribution in [1.29, 1.82) is 0 Å². The van der Waals surface area contributed by atoms with Crippen molar-refractivity contribution in [3.05, 3.63) is 28.9 Å². The van der Waals surface area contributed by atoms with Crippen molar-refractivity contribution in [3.63, 3.8) is 0 Å². The predicted octanol–water partition coefficient (Wildman–Crippen LogP) is -0.671. The minimum absolute atomic E-state index is 0.196. The van der Waals surface area contributed by atoms with Crippen LogP contribution < -0.4 is 5.69 Å². The zero-order valence-electron chi connectivity index (χ0n) is 9.50. The first-order valence-corrected chi connectivity index (χ1v) is 5.23. The molecule has 18 heavy (non-hydrogen) atoms. The predicted molar refractivity (Wildman–Crippen MR) is 58.2 cm³/mol. The van der Waals surface area contributed by atoms with Gasteiger partial charge in [-0.15, -0.1) is 0 Å². The second kappa shape index (κ2) is 6.80. The topological polar surface area (TPSA) is 75.4 Å². The van der Waals surface area contributed by atoms with Crippen molar-refractivity contribution in [3.8, 4) is 0 Å². The number of aliphatic hydroxyl groups is 1. The highest BCUT2D eigenvalue weighted by Gasteiger charge is 2.18. The number of halogens is 2. The number of carbonyl (C=O) groups is 1. The smallest absolute Gasteiger partial charge is 0.347 e. The van der Waals surface area contributed by atoms with Crippen LogP contribution in [0.2, 0.25) is 0 Å². The molecular weight excluding hydrogens is 248 g/mol. The third-order valence-corrected chi connectivity index (χ3v) is 2.17. The van der Waals surface area contributed by atoms with Crippen LogP contribution in [0.1, 0.15) is 0 Å².